The summed E-state index contributed by atoms with van der Waals surface area (Å²) in [6.07, 6.45) is 0.937. The second-order valence-corrected chi connectivity index (χ2v) is 5.47. The second-order valence-electron chi connectivity index (χ2n) is 5.47. The van der Waals surface area contributed by atoms with Crippen molar-refractivity contribution in [1.29, 1.82) is 0 Å². The molecule has 5 heteroatoms. The fourth-order valence-corrected chi connectivity index (χ4v) is 2.93. The molecule has 2 heterocycles. The monoisotopic (exact) mass is 275 g/mol. The first-order valence-electron chi connectivity index (χ1n) is 6.93. The van der Waals surface area contributed by atoms with Crippen LogP contribution in [0.4, 0.5) is 0 Å². The maximum atomic E-state index is 11.8. The van der Waals surface area contributed by atoms with Crippen molar-refractivity contribution < 1.29 is 9.59 Å². The van der Waals surface area contributed by atoms with Gasteiger partial charge in [-0.3, -0.25) is 25.2 Å². The molecule has 5 nitrogen and oxygen atoms in total. The van der Waals surface area contributed by atoms with Crippen molar-refractivity contribution in [3.8, 4) is 0 Å². The molecule has 108 valence electrons. The number of pyridine rings is 1. The third-order valence-electron chi connectivity index (χ3n) is 3.71. The smallest absolute Gasteiger partial charge is 0.243 e. The van der Waals surface area contributed by atoms with Crippen LogP contribution in [0.5, 0.6) is 0 Å². The molecule has 2 amide bonds. The number of aromatic nitrogens is 1. The number of aryl methyl sites for hydroxylation is 3. The van der Waals surface area contributed by atoms with Crippen LogP contribution in [-0.2, 0) is 9.59 Å². The molecule has 2 rings (SSSR count). The lowest BCUT2D eigenvalue weighted by atomic mass is 9.98. The average Bonchev–Trinajstić information content (AvgIpc) is 2.31. The summed E-state index contributed by atoms with van der Waals surface area (Å²) in [5, 5.41) is 5.67. The van der Waals surface area contributed by atoms with Gasteiger partial charge >= 0.3 is 0 Å². The van der Waals surface area contributed by atoms with Crippen LogP contribution < -0.4 is 10.6 Å². The first-order valence-corrected chi connectivity index (χ1v) is 6.93. The minimum absolute atomic E-state index is 0.0204. The van der Waals surface area contributed by atoms with E-state index in [-0.39, 0.29) is 23.9 Å². The Morgan fingerprint density at radius 1 is 1.35 bits per heavy atom. The highest BCUT2D eigenvalue weighted by Gasteiger charge is 2.28. The van der Waals surface area contributed by atoms with Gasteiger partial charge in [-0.1, -0.05) is 0 Å². The summed E-state index contributed by atoms with van der Waals surface area (Å²) < 4.78 is 0. The molecule has 1 aromatic rings. The molecule has 1 aromatic heterocycles. The van der Waals surface area contributed by atoms with Crippen molar-refractivity contribution in [2.45, 2.75) is 52.6 Å². The van der Waals surface area contributed by atoms with Gasteiger partial charge in [-0.25, -0.2) is 0 Å². The summed E-state index contributed by atoms with van der Waals surface area (Å²) in [5.74, 6) is -0.423. The Kier molecular flexibility index (Phi) is 4.18. The molecule has 0 aromatic carbocycles. The minimum atomic E-state index is -0.317. The van der Waals surface area contributed by atoms with E-state index >= 15 is 0 Å². The number of rotatable bonds is 3. The van der Waals surface area contributed by atoms with Gasteiger partial charge in [0.2, 0.25) is 11.8 Å². The lowest BCUT2D eigenvalue weighted by Gasteiger charge is -2.27. The van der Waals surface area contributed by atoms with Crippen molar-refractivity contribution in [1.82, 2.24) is 15.6 Å². The highest BCUT2D eigenvalue weighted by molar-refractivity contribution is 6.00. The Bertz CT molecular complexity index is 531. The molecule has 0 radical (unpaired) electrons. The van der Waals surface area contributed by atoms with Crippen LogP contribution >= 0.6 is 0 Å². The SMILES string of the molecule is Cc1cc(C)c(C(C)NC2CCC(=O)NC2=O)c(C)n1. The van der Waals surface area contributed by atoms with Crippen LogP contribution in [0.2, 0.25) is 0 Å². The number of carbonyl (C=O) groups excluding carboxylic acids is 2. The largest absolute Gasteiger partial charge is 0.299 e. The zero-order valence-electron chi connectivity index (χ0n) is 12.4. The van der Waals surface area contributed by atoms with E-state index < -0.39 is 0 Å². The summed E-state index contributed by atoms with van der Waals surface area (Å²) >= 11 is 0. The number of amides is 2. The van der Waals surface area contributed by atoms with Crippen molar-refractivity contribution in [2.75, 3.05) is 0 Å². The van der Waals surface area contributed by atoms with Crippen LogP contribution in [0, 0.1) is 20.8 Å². The molecule has 0 saturated carbocycles. The van der Waals surface area contributed by atoms with Gasteiger partial charge in [0.15, 0.2) is 0 Å². The quantitative estimate of drug-likeness (QED) is 0.819. The Balaban J connectivity index is 2.14. The third-order valence-corrected chi connectivity index (χ3v) is 3.71. The van der Waals surface area contributed by atoms with Gasteiger partial charge in [-0.05, 0) is 51.3 Å². The number of piperidine rings is 1. The van der Waals surface area contributed by atoms with Crippen molar-refractivity contribution in [3.05, 3.63) is 28.6 Å². The van der Waals surface area contributed by atoms with Crippen LogP contribution in [0.3, 0.4) is 0 Å². The van der Waals surface area contributed by atoms with E-state index in [9.17, 15) is 9.59 Å². The van der Waals surface area contributed by atoms with Gasteiger partial charge in [0.25, 0.3) is 0 Å². The normalized spacial score (nSPS) is 20.7. The van der Waals surface area contributed by atoms with E-state index in [1.165, 1.54) is 5.56 Å². The molecular formula is C15H21N3O2. The van der Waals surface area contributed by atoms with Crippen molar-refractivity contribution in [3.63, 3.8) is 0 Å². The molecule has 20 heavy (non-hydrogen) atoms. The summed E-state index contributed by atoms with van der Waals surface area (Å²) in [6.45, 7) is 8.04. The number of nitrogens with one attached hydrogen (secondary N) is 2. The molecule has 2 atom stereocenters. The van der Waals surface area contributed by atoms with E-state index in [2.05, 4.69) is 22.5 Å². The molecule has 1 aliphatic heterocycles. The van der Waals surface area contributed by atoms with E-state index in [1.807, 2.05) is 26.8 Å². The number of hydrogen-bond acceptors (Lipinski definition) is 4. The van der Waals surface area contributed by atoms with Crippen molar-refractivity contribution >= 4 is 11.8 Å². The van der Waals surface area contributed by atoms with Gasteiger partial charge in [-0.2, -0.15) is 0 Å². The summed E-state index contributed by atoms with van der Waals surface area (Å²) in [6, 6.07) is 1.75. The van der Waals surface area contributed by atoms with E-state index in [0.29, 0.717) is 12.8 Å². The van der Waals surface area contributed by atoms with Crippen molar-refractivity contribution in [2.24, 2.45) is 0 Å². The van der Waals surface area contributed by atoms with Gasteiger partial charge in [0, 0.05) is 23.9 Å². The zero-order chi connectivity index (χ0) is 14.9. The van der Waals surface area contributed by atoms with Gasteiger partial charge in [-0.15, -0.1) is 0 Å². The molecule has 0 aliphatic carbocycles. The van der Waals surface area contributed by atoms with Gasteiger partial charge < -0.3 is 0 Å². The van der Waals surface area contributed by atoms with Crippen LogP contribution in [0.1, 0.15) is 48.3 Å². The van der Waals surface area contributed by atoms with E-state index in [1.54, 1.807) is 0 Å². The molecule has 2 N–H and O–H groups in total. The molecule has 0 spiro atoms. The molecule has 2 unspecified atom stereocenters. The number of nitrogens with zero attached hydrogens (tertiary/aromatic N) is 1. The number of hydrogen-bond donors (Lipinski definition) is 2. The van der Waals surface area contributed by atoms with Crippen LogP contribution in [0.15, 0.2) is 6.07 Å². The predicted octanol–water partition coefficient (Wildman–Crippen LogP) is 1.46. The number of carbonyl (C=O) groups is 2. The third kappa shape index (κ3) is 3.04. The Labute approximate surface area is 119 Å². The fraction of sp³-hybridized carbons (Fsp3) is 0.533. The summed E-state index contributed by atoms with van der Waals surface area (Å²) in [4.78, 5) is 27.4. The maximum Gasteiger partial charge on any atom is 0.243 e. The highest BCUT2D eigenvalue weighted by atomic mass is 16.2. The molecule has 1 saturated heterocycles. The molecule has 1 fully saturated rings. The lowest BCUT2D eigenvalue weighted by Crippen LogP contribution is -2.51. The Morgan fingerprint density at radius 3 is 2.65 bits per heavy atom. The zero-order valence-corrected chi connectivity index (χ0v) is 12.4. The molecule has 0 bridgehead atoms. The lowest BCUT2D eigenvalue weighted by molar-refractivity contribution is -0.134. The predicted molar refractivity (Wildman–Crippen MR) is 76.2 cm³/mol. The first kappa shape index (κ1) is 14.7. The molecule has 1 aliphatic rings. The van der Waals surface area contributed by atoms with Crippen LogP contribution in [-0.4, -0.2) is 22.8 Å². The highest BCUT2D eigenvalue weighted by Crippen LogP contribution is 2.22. The van der Waals surface area contributed by atoms with Crippen LogP contribution in [0.25, 0.3) is 0 Å². The summed E-state index contributed by atoms with van der Waals surface area (Å²) in [7, 11) is 0. The topological polar surface area (TPSA) is 71.1 Å². The minimum Gasteiger partial charge on any atom is -0.299 e. The first-order chi connectivity index (χ1) is 9.38. The van der Waals surface area contributed by atoms with Gasteiger partial charge in [0.05, 0.1) is 6.04 Å². The second kappa shape index (κ2) is 5.71. The van der Waals surface area contributed by atoms with Gasteiger partial charge in [0.1, 0.15) is 0 Å². The van der Waals surface area contributed by atoms with E-state index in [0.717, 1.165) is 17.0 Å². The average molecular weight is 275 g/mol. The maximum absolute atomic E-state index is 11.8. The van der Waals surface area contributed by atoms with E-state index in [4.69, 9.17) is 0 Å². The Hall–Kier alpha value is -1.75. The fourth-order valence-electron chi connectivity index (χ4n) is 2.93. The number of imide groups is 1. The molecular weight excluding hydrogens is 254 g/mol. The standard InChI is InChI=1S/C15H21N3O2/c1-8-7-9(2)16-10(3)14(8)11(4)17-12-5-6-13(19)18-15(12)20/h7,11-12,17H,5-6H2,1-4H3,(H,18,19,20). The summed E-state index contributed by atoms with van der Waals surface area (Å²) in [5.41, 5.74) is 4.27. The Morgan fingerprint density at radius 2 is 2.05 bits per heavy atom.